The molecule has 0 aliphatic heterocycles. The summed E-state index contributed by atoms with van der Waals surface area (Å²) < 4.78 is 0. The van der Waals surface area contributed by atoms with Crippen molar-refractivity contribution >= 4 is 11.6 Å². The van der Waals surface area contributed by atoms with E-state index in [1.54, 1.807) is 6.07 Å². The molecule has 94 valence electrons. The Hall–Kier alpha value is -1.51. The summed E-state index contributed by atoms with van der Waals surface area (Å²) in [4.78, 5) is 14.3. The summed E-state index contributed by atoms with van der Waals surface area (Å²) in [7, 11) is 0. The predicted octanol–water partition coefficient (Wildman–Crippen LogP) is 2.84. The second kappa shape index (κ2) is 5.71. The number of rotatable bonds is 4. The van der Waals surface area contributed by atoms with E-state index in [9.17, 15) is 4.79 Å². The lowest BCUT2D eigenvalue weighted by atomic mass is 10.0. The van der Waals surface area contributed by atoms with Gasteiger partial charge in [-0.1, -0.05) is 19.1 Å². The van der Waals surface area contributed by atoms with Crippen LogP contribution in [-0.2, 0) is 0 Å². The summed E-state index contributed by atoms with van der Waals surface area (Å²) in [6.07, 6.45) is 0.954. The van der Waals surface area contributed by atoms with Crippen molar-refractivity contribution in [2.24, 2.45) is 0 Å². The van der Waals surface area contributed by atoms with E-state index >= 15 is 0 Å². The molecule has 3 heteroatoms. The van der Waals surface area contributed by atoms with Crippen LogP contribution in [0.3, 0.4) is 0 Å². The molecule has 0 spiro atoms. The Labute approximate surface area is 104 Å². The zero-order valence-electron chi connectivity index (χ0n) is 11.2. The molecule has 3 nitrogen and oxygen atoms in total. The molecule has 0 saturated heterocycles. The standard InChI is InChI=1S/C14H22N2O/c1-5-9-16(10(2)3)14(17)13-11(4)7-6-8-12(13)15/h6-8,10H,5,9,15H2,1-4H3. The molecule has 0 aromatic heterocycles. The molecule has 0 aliphatic rings. The van der Waals surface area contributed by atoms with Crippen molar-refractivity contribution in [2.45, 2.75) is 40.2 Å². The number of benzene rings is 1. The first-order chi connectivity index (χ1) is 7.99. The fourth-order valence-corrected chi connectivity index (χ4v) is 1.96. The molecule has 1 aromatic carbocycles. The molecule has 0 radical (unpaired) electrons. The van der Waals surface area contributed by atoms with Crippen LogP contribution in [0.4, 0.5) is 5.69 Å². The largest absolute Gasteiger partial charge is 0.398 e. The molecule has 0 aliphatic carbocycles. The summed E-state index contributed by atoms with van der Waals surface area (Å²) in [5.41, 5.74) is 8.06. The third kappa shape index (κ3) is 2.99. The van der Waals surface area contributed by atoms with Gasteiger partial charge in [0.25, 0.3) is 5.91 Å². The van der Waals surface area contributed by atoms with Gasteiger partial charge in [0.15, 0.2) is 0 Å². The number of nitrogens with zero attached hydrogens (tertiary/aromatic N) is 1. The Kier molecular flexibility index (Phi) is 4.55. The molecule has 2 N–H and O–H groups in total. The topological polar surface area (TPSA) is 46.3 Å². The van der Waals surface area contributed by atoms with Crippen LogP contribution in [0.5, 0.6) is 0 Å². The van der Waals surface area contributed by atoms with Gasteiger partial charge >= 0.3 is 0 Å². The fourth-order valence-electron chi connectivity index (χ4n) is 1.96. The molecule has 1 aromatic rings. The van der Waals surface area contributed by atoms with Crippen LogP contribution in [0.1, 0.15) is 43.1 Å². The maximum Gasteiger partial charge on any atom is 0.256 e. The average Bonchev–Trinajstić information content (AvgIpc) is 2.24. The molecule has 17 heavy (non-hydrogen) atoms. The molecule has 1 amide bonds. The highest BCUT2D eigenvalue weighted by Gasteiger charge is 2.21. The monoisotopic (exact) mass is 234 g/mol. The zero-order valence-corrected chi connectivity index (χ0v) is 11.2. The van der Waals surface area contributed by atoms with Crippen LogP contribution in [-0.4, -0.2) is 23.4 Å². The van der Waals surface area contributed by atoms with Crippen molar-refractivity contribution < 1.29 is 4.79 Å². The van der Waals surface area contributed by atoms with Crippen LogP contribution in [0, 0.1) is 6.92 Å². The number of anilines is 1. The normalized spacial score (nSPS) is 10.6. The number of aryl methyl sites for hydroxylation is 1. The second-order valence-corrected chi connectivity index (χ2v) is 4.63. The quantitative estimate of drug-likeness (QED) is 0.814. The average molecular weight is 234 g/mol. The highest BCUT2D eigenvalue weighted by molar-refractivity contribution is 6.00. The number of carbonyl (C=O) groups excluding carboxylic acids is 1. The van der Waals surface area contributed by atoms with Gasteiger partial charge in [0, 0.05) is 18.3 Å². The first-order valence-corrected chi connectivity index (χ1v) is 6.15. The lowest BCUT2D eigenvalue weighted by Crippen LogP contribution is -2.38. The Morgan fingerprint density at radius 3 is 2.53 bits per heavy atom. The van der Waals surface area contributed by atoms with Gasteiger partial charge in [-0.3, -0.25) is 4.79 Å². The summed E-state index contributed by atoms with van der Waals surface area (Å²) >= 11 is 0. The van der Waals surface area contributed by atoms with Gasteiger partial charge in [-0.15, -0.1) is 0 Å². The van der Waals surface area contributed by atoms with E-state index in [1.165, 1.54) is 0 Å². The van der Waals surface area contributed by atoms with E-state index in [2.05, 4.69) is 6.92 Å². The van der Waals surface area contributed by atoms with Crippen molar-refractivity contribution in [1.29, 1.82) is 0 Å². The van der Waals surface area contributed by atoms with Crippen LogP contribution >= 0.6 is 0 Å². The van der Waals surface area contributed by atoms with Crippen molar-refractivity contribution in [2.75, 3.05) is 12.3 Å². The molecule has 0 bridgehead atoms. The number of carbonyl (C=O) groups is 1. The molecule has 0 unspecified atom stereocenters. The highest BCUT2D eigenvalue weighted by atomic mass is 16.2. The number of hydrogen-bond donors (Lipinski definition) is 1. The minimum atomic E-state index is 0.0393. The third-order valence-corrected chi connectivity index (χ3v) is 2.87. The van der Waals surface area contributed by atoms with E-state index in [1.807, 2.05) is 37.8 Å². The fraction of sp³-hybridized carbons (Fsp3) is 0.500. The van der Waals surface area contributed by atoms with Crippen molar-refractivity contribution in [3.63, 3.8) is 0 Å². The first-order valence-electron chi connectivity index (χ1n) is 6.15. The van der Waals surface area contributed by atoms with E-state index in [4.69, 9.17) is 5.73 Å². The Morgan fingerprint density at radius 1 is 1.41 bits per heavy atom. The van der Waals surface area contributed by atoms with Crippen molar-refractivity contribution in [3.8, 4) is 0 Å². The third-order valence-electron chi connectivity index (χ3n) is 2.87. The Balaban J connectivity index is 3.09. The van der Waals surface area contributed by atoms with E-state index < -0.39 is 0 Å². The van der Waals surface area contributed by atoms with E-state index in [0.717, 1.165) is 18.5 Å². The van der Waals surface area contributed by atoms with Crippen LogP contribution in [0.2, 0.25) is 0 Å². The molecular formula is C14H22N2O. The van der Waals surface area contributed by atoms with Crippen molar-refractivity contribution in [1.82, 2.24) is 4.90 Å². The maximum absolute atomic E-state index is 12.5. The number of nitrogens with two attached hydrogens (primary N) is 1. The van der Waals surface area contributed by atoms with Crippen LogP contribution < -0.4 is 5.73 Å². The maximum atomic E-state index is 12.5. The highest BCUT2D eigenvalue weighted by Crippen LogP contribution is 2.19. The number of nitrogen functional groups attached to an aromatic ring is 1. The minimum absolute atomic E-state index is 0.0393. The van der Waals surface area contributed by atoms with Crippen LogP contribution in [0.25, 0.3) is 0 Å². The van der Waals surface area contributed by atoms with Crippen LogP contribution in [0.15, 0.2) is 18.2 Å². The molecular weight excluding hydrogens is 212 g/mol. The van der Waals surface area contributed by atoms with Gasteiger partial charge in [0.2, 0.25) is 0 Å². The lowest BCUT2D eigenvalue weighted by molar-refractivity contribution is 0.0706. The summed E-state index contributed by atoms with van der Waals surface area (Å²) in [6.45, 7) is 8.83. The first kappa shape index (κ1) is 13.6. The Bertz CT molecular complexity index is 379. The molecule has 0 atom stereocenters. The second-order valence-electron chi connectivity index (χ2n) is 4.63. The SMILES string of the molecule is CCCN(C(=O)c1c(C)cccc1N)C(C)C. The van der Waals surface area contributed by atoms with E-state index in [-0.39, 0.29) is 11.9 Å². The molecule has 1 rings (SSSR count). The van der Waals surface area contributed by atoms with Gasteiger partial charge < -0.3 is 10.6 Å². The lowest BCUT2D eigenvalue weighted by Gasteiger charge is -2.27. The molecule has 0 saturated carbocycles. The predicted molar refractivity (Wildman–Crippen MR) is 72.1 cm³/mol. The van der Waals surface area contributed by atoms with Crippen molar-refractivity contribution in [3.05, 3.63) is 29.3 Å². The smallest absolute Gasteiger partial charge is 0.256 e. The number of hydrogen-bond acceptors (Lipinski definition) is 2. The summed E-state index contributed by atoms with van der Waals surface area (Å²) in [5.74, 6) is 0.0393. The zero-order chi connectivity index (χ0) is 13.0. The Morgan fingerprint density at radius 2 is 2.06 bits per heavy atom. The molecule has 0 heterocycles. The van der Waals surface area contributed by atoms with E-state index in [0.29, 0.717) is 11.3 Å². The van der Waals surface area contributed by atoms with Gasteiger partial charge in [-0.05, 0) is 38.8 Å². The van der Waals surface area contributed by atoms with Gasteiger partial charge in [-0.25, -0.2) is 0 Å². The van der Waals surface area contributed by atoms with Gasteiger partial charge in [0.1, 0.15) is 0 Å². The number of amides is 1. The molecule has 0 fully saturated rings. The minimum Gasteiger partial charge on any atom is -0.398 e. The van der Waals surface area contributed by atoms with Gasteiger partial charge in [0.05, 0.1) is 5.56 Å². The summed E-state index contributed by atoms with van der Waals surface area (Å²) in [5, 5.41) is 0. The summed E-state index contributed by atoms with van der Waals surface area (Å²) in [6, 6.07) is 5.78. The van der Waals surface area contributed by atoms with Gasteiger partial charge in [-0.2, -0.15) is 0 Å².